The Morgan fingerprint density at radius 1 is 1.11 bits per heavy atom. The fourth-order valence-electron chi connectivity index (χ4n) is 2.79. The van der Waals surface area contributed by atoms with Gasteiger partial charge >= 0.3 is 0 Å². The van der Waals surface area contributed by atoms with Gasteiger partial charge in [0.2, 0.25) is 0 Å². The minimum Gasteiger partial charge on any atom is -0.493 e. The highest BCUT2D eigenvalue weighted by Crippen LogP contribution is 2.35. The lowest BCUT2D eigenvalue weighted by Gasteiger charge is -2.10. The lowest BCUT2D eigenvalue weighted by Crippen LogP contribution is -2.25. The molecule has 0 aliphatic carbocycles. The smallest absolute Gasteiger partial charge is 0.259 e. The molecule has 0 bridgehead atoms. The number of hydrazone groups is 1. The first-order valence-electron chi connectivity index (χ1n) is 8.57. The average Bonchev–Trinajstić information content (AvgIpc) is 2.71. The van der Waals surface area contributed by atoms with Crippen molar-refractivity contribution in [2.75, 3.05) is 26.1 Å². The number of methoxy groups -OCH3 is 2. The first-order valence-corrected chi connectivity index (χ1v) is 9.36. The predicted molar refractivity (Wildman–Crippen MR) is 115 cm³/mol. The zero-order valence-corrected chi connectivity index (χ0v) is 17.1. The first-order chi connectivity index (χ1) is 13.6. The van der Waals surface area contributed by atoms with Gasteiger partial charge in [-0.1, -0.05) is 36.4 Å². The third-order valence-corrected chi connectivity index (χ3v) is 4.68. The van der Waals surface area contributed by atoms with Gasteiger partial charge in [0.25, 0.3) is 5.91 Å². The molecule has 6 nitrogen and oxygen atoms in total. The van der Waals surface area contributed by atoms with Gasteiger partial charge in [-0.25, -0.2) is 5.43 Å². The van der Waals surface area contributed by atoms with Crippen LogP contribution in [0.5, 0.6) is 11.5 Å². The summed E-state index contributed by atoms with van der Waals surface area (Å²) in [6, 6.07) is 17.5. The summed E-state index contributed by atoms with van der Waals surface area (Å²) in [6.07, 6.45) is 1.54. The highest BCUT2D eigenvalue weighted by Gasteiger charge is 2.09. The van der Waals surface area contributed by atoms with Crippen LogP contribution in [0.1, 0.15) is 5.56 Å². The first kappa shape index (κ1) is 19.7. The number of anilines is 1. The van der Waals surface area contributed by atoms with Gasteiger partial charge in [0.15, 0.2) is 11.5 Å². The van der Waals surface area contributed by atoms with Crippen LogP contribution in [0.2, 0.25) is 0 Å². The lowest BCUT2D eigenvalue weighted by molar-refractivity contribution is -0.119. The second-order valence-corrected chi connectivity index (χ2v) is 6.77. The Hall–Kier alpha value is -3.06. The predicted octanol–water partition coefficient (Wildman–Crippen LogP) is 4.18. The van der Waals surface area contributed by atoms with E-state index in [1.807, 2.05) is 48.5 Å². The summed E-state index contributed by atoms with van der Waals surface area (Å²) in [5.41, 5.74) is 4.18. The molecule has 7 heteroatoms. The molecule has 0 aliphatic rings. The van der Waals surface area contributed by atoms with Gasteiger partial charge in [-0.2, -0.15) is 5.10 Å². The van der Waals surface area contributed by atoms with Crippen molar-refractivity contribution in [1.82, 2.24) is 5.43 Å². The second-order valence-electron chi connectivity index (χ2n) is 5.91. The van der Waals surface area contributed by atoms with Gasteiger partial charge in [-0.3, -0.25) is 4.79 Å². The van der Waals surface area contributed by atoms with Crippen LogP contribution >= 0.6 is 15.9 Å². The van der Waals surface area contributed by atoms with Crippen LogP contribution in [0.15, 0.2) is 64.2 Å². The quantitative estimate of drug-likeness (QED) is 0.426. The summed E-state index contributed by atoms with van der Waals surface area (Å²) < 4.78 is 11.3. The molecule has 0 aromatic heterocycles. The zero-order valence-electron chi connectivity index (χ0n) is 15.5. The van der Waals surface area contributed by atoms with Crippen molar-refractivity contribution in [2.45, 2.75) is 0 Å². The van der Waals surface area contributed by atoms with E-state index in [9.17, 15) is 4.79 Å². The molecule has 0 fully saturated rings. The number of hydrogen-bond acceptors (Lipinski definition) is 5. The Balaban J connectivity index is 1.60. The summed E-state index contributed by atoms with van der Waals surface area (Å²) in [5, 5.41) is 9.34. The lowest BCUT2D eigenvalue weighted by atomic mass is 10.1. The van der Waals surface area contributed by atoms with Crippen LogP contribution in [0.3, 0.4) is 0 Å². The number of ether oxygens (including phenoxy) is 2. The average molecular weight is 442 g/mol. The second kappa shape index (κ2) is 9.23. The molecule has 2 N–H and O–H groups in total. The fourth-order valence-corrected chi connectivity index (χ4v) is 3.41. The summed E-state index contributed by atoms with van der Waals surface area (Å²) in [5.74, 6) is 0.925. The zero-order chi connectivity index (χ0) is 19.9. The molecular formula is C21H20BrN3O3. The van der Waals surface area contributed by atoms with Crippen molar-refractivity contribution in [1.29, 1.82) is 0 Å². The van der Waals surface area contributed by atoms with E-state index in [0.717, 1.165) is 26.5 Å². The van der Waals surface area contributed by atoms with Gasteiger partial charge in [-0.15, -0.1) is 0 Å². The minimum atomic E-state index is -0.247. The van der Waals surface area contributed by atoms with Crippen molar-refractivity contribution in [2.24, 2.45) is 5.10 Å². The molecule has 0 radical (unpaired) electrons. The maximum Gasteiger partial charge on any atom is 0.259 e. The van der Waals surface area contributed by atoms with Crippen molar-refractivity contribution in [3.63, 3.8) is 0 Å². The van der Waals surface area contributed by atoms with Crippen molar-refractivity contribution < 1.29 is 14.3 Å². The normalized spacial score (nSPS) is 10.8. The third kappa shape index (κ3) is 4.61. The van der Waals surface area contributed by atoms with E-state index in [2.05, 4.69) is 31.8 Å². The molecule has 0 heterocycles. The van der Waals surface area contributed by atoms with Crippen LogP contribution in [-0.2, 0) is 4.79 Å². The molecule has 0 unspecified atom stereocenters. The number of amides is 1. The number of carbonyl (C=O) groups is 1. The Morgan fingerprint density at radius 2 is 1.89 bits per heavy atom. The summed E-state index contributed by atoms with van der Waals surface area (Å²) in [4.78, 5) is 12.1. The molecule has 3 aromatic rings. The van der Waals surface area contributed by atoms with Gasteiger partial charge < -0.3 is 14.8 Å². The van der Waals surface area contributed by atoms with E-state index in [0.29, 0.717) is 11.5 Å². The monoisotopic (exact) mass is 441 g/mol. The number of hydrogen-bond donors (Lipinski definition) is 2. The minimum absolute atomic E-state index is 0.112. The van der Waals surface area contributed by atoms with Gasteiger partial charge in [0, 0.05) is 11.1 Å². The Bertz CT molecular complexity index is 1020. The Labute approximate surface area is 171 Å². The standard InChI is InChI=1S/C21H20BrN3O3/c1-27-19-11-14(10-17(22)21(19)28-2)12-24-25-20(26)13-23-18-9-5-7-15-6-3-4-8-16(15)18/h3-12,23H,13H2,1-2H3,(H,25,26)/b24-12-. The van der Waals surface area contributed by atoms with Crippen LogP contribution in [0.25, 0.3) is 10.8 Å². The SMILES string of the molecule is COc1cc(/C=N\NC(=O)CNc2cccc3ccccc23)cc(Br)c1OC. The summed E-state index contributed by atoms with van der Waals surface area (Å²) in [7, 11) is 3.13. The molecule has 3 aromatic carbocycles. The van der Waals surface area contributed by atoms with Gasteiger partial charge in [0.05, 0.1) is 31.5 Å². The molecule has 3 rings (SSSR count). The number of rotatable bonds is 7. The molecular weight excluding hydrogens is 422 g/mol. The fraction of sp³-hybridized carbons (Fsp3) is 0.143. The van der Waals surface area contributed by atoms with Crippen LogP contribution in [-0.4, -0.2) is 32.9 Å². The van der Waals surface area contributed by atoms with E-state index < -0.39 is 0 Å². The van der Waals surface area contributed by atoms with Gasteiger partial charge in [0.1, 0.15) is 0 Å². The number of fused-ring (bicyclic) bond motifs is 1. The van der Waals surface area contributed by atoms with Crippen LogP contribution in [0.4, 0.5) is 5.69 Å². The van der Waals surface area contributed by atoms with E-state index in [1.54, 1.807) is 26.5 Å². The summed E-state index contributed by atoms with van der Waals surface area (Å²) >= 11 is 3.43. The van der Waals surface area contributed by atoms with E-state index in [1.165, 1.54) is 0 Å². The Kier molecular flexibility index (Phi) is 6.49. The van der Waals surface area contributed by atoms with Crippen LogP contribution < -0.4 is 20.2 Å². The number of benzene rings is 3. The molecule has 1 amide bonds. The largest absolute Gasteiger partial charge is 0.493 e. The van der Waals surface area contributed by atoms with E-state index >= 15 is 0 Å². The highest BCUT2D eigenvalue weighted by atomic mass is 79.9. The number of halogens is 1. The molecule has 0 saturated carbocycles. The molecule has 144 valence electrons. The molecule has 0 atom stereocenters. The maximum atomic E-state index is 12.1. The highest BCUT2D eigenvalue weighted by molar-refractivity contribution is 9.10. The van der Waals surface area contributed by atoms with Gasteiger partial charge in [-0.05, 0) is 45.1 Å². The molecule has 0 saturated heterocycles. The maximum absolute atomic E-state index is 12.1. The van der Waals surface area contributed by atoms with Crippen molar-refractivity contribution in [3.8, 4) is 11.5 Å². The molecule has 0 spiro atoms. The topological polar surface area (TPSA) is 72.0 Å². The molecule has 0 aliphatic heterocycles. The van der Waals surface area contributed by atoms with Crippen molar-refractivity contribution >= 4 is 44.5 Å². The van der Waals surface area contributed by atoms with Crippen LogP contribution in [0, 0.1) is 0 Å². The Morgan fingerprint density at radius 3 is 2.68 bits per heavy atom. The van der Waals surface area contributed by atoms with Crippen molar-refractivity contribution in [3.05, 3.63) is 64.6 Å². The summed E-state index contributed by atoms with van der Waals surface area (Å²) in [6.45, 7) is 0.112. The molecule has 28 heavy (non-hydrogen) atoms. The van der Waals surface area contributed by atoms with E-state index in [4.69, 9.17) is 9.47 Å². The third-order valence-electron chi connectivity index (χ3n) is 4.09. The van der Waals surface area contributed by atoms with E-state index in [-0.39, 0.29) is 12.5 Å². The number of carbonyl (C=O) groups excluding carboxylic acids is 1. The number of nitrogens with zero attached hydrogens (tertiary/aromatic N) is 1. The number of nitrogens with one attached hydrogen (secondary N) is 2.